The number of rotatable bonds is 9. The average Bonchev–Trinajstić information content (AvgIpc) is 3.79. The fourth-order valence-corrected chi connectivity index (χ4v) is 15.8. The molecule has 21 heteroatoms. The van der Waals surface area contributed by atoms with Crippen LogP contribution < -0.4 is 0 Å². The minimum absolute atomic E-state index is 0.00989. The largest absolute Gasteiger partial charge is 0.394 e. The molecule has 21 nitrogen and oxygen atoms in total. The van der Waals surface area contributed by atoms with Gasteiger partial charge in [0.25, 0.3) is 0 Å². The van der Waals surface area contributed by atoms with E-state index in [4.69, 9.17) is 47.4 Å². The van der Waals surface area contributed by atoms with Crippen LogP contribution in [0.15, 0.2) is 0 Å². The maximum atomic E-state index is 12.0. The number of ether oxygens (including phenoxy) is 10. The van der Waals surface area contributed by atoms with Gasteiger partial charge in [-0.25, -0.2) is 0 Å². The molecule has 4 aliphatic carbocycles. The number of aliphatic hydroxyl groups is 11. The van der Waals surface area contributed by atoms with Crippen molar-refractivity contribution in [1.29, 1.82) is 0 Å². The molecule has 0 amide bonds. The summed E-state index contributed by atoms with van der Waals surface area (Å²) in [6.45, 7) is 12.0. The molecular weight excluding hydrogens is 937 g/mol. The summed E-state index contributed by atoms with van der Waals surface area (Å²) in [5.41, 5.74) is -0.465. The van der Waals surface area contributed by atoms with Gasteiger partial charge in [0.05, 0.1) is 50.3 Å². The molecule has 6 saturated heterocycles. The van der Waals surface area contributed by atoms with Crippen LogP contribution in [0, 0.1) is 52.3 Å². The number of fused-ring (bicyclic) bond motifs is 7. The Morgan fingerprint density at radius 2 is 1.23 bits per heavy atom. The molecule has 0 unspecified atom stereocenters. The van der Waals surface area contributed by atoms with E-state index in [0.29, 0.717) is 36.7 Å². The lowest BCUT2D eigenvalue weighted by atomic mass is 9.43. The highest BCUT2D eigenvalue weighted by atomic mass is 16.8. The van der Waals surface area contributed by atoms with Crippen molar-refractivity contribution in [1.82, 2.24) is 0 Å². The second kappa shape index (κ2) is 20.2. The van der Waals surface area contributed by atoms with Gasteiger partial charge in [-0.3, -0.25) is 0 Å². The minimum atomic E-state index is -1.77. The van der Waals surface area contributed by atoms with Crippen molar-refractivity contribution in [3.63, 3.8) is 0 Å². The summed E-state index contributed by atoms with van der Waals surface area (Å²) in [7, 11) is 0. The fraction of sp³-hybridized carbons (Fsp3) is 1.00. The third-order valence-electron chi connectivity index (χ3n) is 20.0. The van der Waals surface area contributed by atoms with Crippen LogP contribution in [0.5, 0.6) is 0 Å². The molecule has 10 fully saturated rings. The van der Waals surface area contributed by atoms with Crippen LogP contribution >= 0.6 is 0 Å². The molecular formula is C50H82O21. The Kier molecular flexibility index (Phi) is 15.2. The van der Waals surface area contributed by atoms with E-state index in [-0.39, 0.29) is 35.7 Å². The Balaban J connectivity index is 0.881. The van der Waals surface area contributed by atoms with Crippen molar-refractivity contribution in [3.05, 3.63) is 0 Å². The van der Waals surface area contributed by atoms with Crippen LogP contribution in [0.25, 0.3) is 0 Å². The second-order valence-electron chi connectivity index (χ2n) is 23.9. The van der Waals surface area contributed by atoms with Crippen LogP contribution in [0.2, 0.25) is 0 Å². The Bertz CT molecular complexity index is 1830. The number of hydrogen-bond donors (Lipinski definition) is 11. The molecule has 11 N–H and O–H groups in total. The summed E-state index contributed by atoms with van der Waals surface area (Å²) in [5.74, 6) is 1.51. The molecule has 10 aliphatic rings. The Labute approximate surface area is 414 Å². The number of aliphatic hydroxyl groups excluding tert-OH is 11. The third kappa shape index (κ3) is 9.00. The van der Waals surface area contributed by atoms with Crippen molar-refractivity contribution >= 4 is 0 Å². The van der Waals surface area contributed by atoms with Crippen LogP contribution in [0.1, 0.15) is 99.3 Å². The zero-order valence-electron chi connectivity index (χ0n) is 41.7. The SMILES string of the molecule is C[C@H]1CC[C@@]2(OC1)O[C@H]1C[C@H]3[C@@H]4CC[C@@H]5C[C@H](O[C@H]6O[C@@H](C)[C@H](O)[C@@H](O[C@H]7OC[C@H](O)[C@@H](O)[C@@H]7O[C@H]7O[C@@H](C)[C@H](O)[C@@H](O)[C@@H]7O)[C@@H]6O)C[C@@H](O[C@H]6O[C@@H](CO)[C@H](O)[C@@H](O)[C@@H]6O)[C@]5(C)[C@H]4CC[C@@]3(C)[C@H]1[C@@H]2C. The lowest BCUT2D eigenvalue weighted by Gasteiger charge is -2.63. The van der Waals surface area contributed by atoms with E-state index in [1.807, 2.05) is 0 Å². The molecule has 0 aromatic heterocycles. The molecule has 0 aromatic rings. The quantitative estimate of drug-likeness (QED) is 0.120. The predicted molar refractivity (Wildman–Crippen MR) is 241 cm³/mol. The smallest absolute Gasteiger partial charge is 0.187 e. The molecule has 4 saturated carbocycles. The first kappa shape index (κ1) is 53.6. The molecule has 10 rings (SSSR count). The van der Waals surface area contributed by atoms with Crippen LogP contribution in [-0.4, -0.2) is 217 Å². The zero-order valence-corrected chi connectivity index (χ0v) is 41.7. The van der Waals surface area contributed by atoms with Crippen molar-refractivity contribution in [2.24, 2.45) is 52.3 Å². The van der Waals surface area contributed by atoms with E-state index in [9.17, 15) is 56.2 Å². The van der Waals surface area contributed by atoms with E-state index in [0.717, 1.165) is 44.9 Å². The summed E-state index contributed by atoms with van der Waals surface area (Å²) in [4.78, 5) is 0. The topological polar surface area (TPSA) is 315 Å². The Hall–Kier alpha value is -0.840. The first-order valence-electron chi connectivity index (χ1n) is 26.5. The highest BCUT2D eigenvalue weighted by Crippen LogP contribution is 2.72. The maximum Gasteiger partial charge on any atom is 0.187 e. The summed E-state index contributed by atoms with van der Waals surface area (Å²) in [6.07, 6.45) is -21.9. The van der Waals surface area contributed by atoms with Crippen LogP contribution in [0.4, 0.5) is 0 Å². The number of hydrogen-bond acceptors (Lipinski definition) is 21. The molecule has 0 radical (unpaired) electrons. The average molecular weight is 1020 g/mol. The molecule has 6 aliphatic heterocycles. The normalized spacial score (nSPS) is 59.5. The van der Waals surface area contributed by atoms with E-state index in [1.165, 1.54) is 6.92 Å². The zero-order chi connectivity index (χ0) is 50.8. The van der Waals surface area contributed by atoms with E-state index >= 15 is 0 Å². The molecule has 32 atom stereocenters. The van der Waals surface area contributed by atoms with Crippen molar-refractivity contribution in [2.75, 3.05) is 19.8 Å². The van der Waals surface area contributed by atoms with Gasteiger partial charge >= 0.3 is 0 Å². The fourth-order valence-electron chi connectivity index (χ4n) is 15.8. The Morgan fingerprint density at radius 3 is 1.92 bits per heavy atom. The molecule has 6 heterocycles. The van der Waals surface area contributed by atoms with Crippen LogP contribution in [0.3, 0.4) is 0 Å². The first-order valence-corrected chi connectivity index (χ1v) is 26.5. The van der Waals surface area contributed by atoms with Crippen molar-refractivity contribution in [2.45, 2.75) is 240 Å². The first-order chi connectivity index (χ1) is 33.6. The highest BCUT2D eigenvalue weighted by molar-refractivity contribution is 5.17. The maximum absolute atomic E-state index is 12.0. The van der Waals surface area contributed by atoms with Gasteiger partial charge in [-0.1, -0.05) is 27.7 Å². The van der Waals surface area contributed by atoms with E-state index in [2.05, 4.69) is 27.7 Å². The van der Waals surface area contributed by atoms with E-state index < -0.39 is 153 Å². The van der Waals surface area contributed by atoms with Crippen molar-refractivity contribution < 1.29 is 104 Å². The monoisotopic (exact) mass is 1020 g/mol. The van der Waals surface area contributed by atoms with Gasteiger partial charge in [-0.15, -0.1) is 0 Å². The summed E-state index contributed by atoms with van der Waals surface area (Å²) in [6, 6.07) is 0. The Morgan fingerprint density at radius 1 is 0.563 bits per heavy atom. The molecule has 408 valence electrons. The van der Waals surface area contributed by atoms with Gasteiger partial charge in [0.2, 0.25) is 0 Å². The van der Waals surface area contributed by atoms with Crippen molar-refractivity contribution in [3.8, 4) is 0 Å². The van der Waals surface area contributed by atoms with Gasteiger partial charge in [0, 0.05) is 18.8 Å². The van der Waals surface area contributed by atoms with E-state index in [1.54, 1.807) is 6.92 Å². The van der Waals surface area contributed by atoms with Gasteiger partial charge in [0.15, 0.2) is 30.9 Å². The molecule has 71 heavy (non-hydrogen) atoms. The molecule has 0 bridgehead atoms. The standard InChI is InChI=1S/C50H82O21/c1-19-9-12-50(63-17-19)20(2)32-29(71-50)15-27-25-8-7-23-13-24(14-31(49(23,6)26(25)10-11-48(27,32)5)68-45-40(60)38(58)36(56)30(16-51)67-45)66-46-41(61)42(34(54)22(4)65-46)69-47-43(35(55)28(52)18-62-47)70-44-39(59)37(57)33(53)21(3)64-44/h19-47,51-61H,7-18H2,1-6H3/t19-,20-,21-,22-,23+,24-,25+,26-,27-,28-,29-,30-,31+,32-,33-,34-,35+,36-,37+,38+,39-,40-,41-,42+,43-,44+,45+,46+,47+,48+,49-,50+/m0/s1. The summed E-state index contributed by atoms with van der Waals surface area (Å²) >= 11 is 0. The third-order valence-corrected chi connectivity index (χ3v) is 20.0. The lowest BCUT2D eigenvalue weighted by Crippen LogP contribution is -2.65. The lowest BCUT2D eigenvalue weighted by molar-refractivity contribution is -0.379. The highest BCUT2D eigenvalue weighted by Gasteiger charge is 2.70. The van der Waals surface area contributed by atoms with Gasteiger partial charge in [-0.2, -0.15) is 0 Å². The molecule has 1 spiro atoms. The predicted octanol–water partition coefficient (Wildman–Crippen LogP) is -1.24. The van der Waals surface area contributed by atoms with Gasteiger partial charge in [0.1, 0.15) is 79.4 Å². The summed E-state index contributed by atoms with van der Waals surface area (Å²) in [5, 5.41) is 120. The summed E-state index contributed by atoms with van der Waals surface area (Å²) < 4.78 is 62.8. The molecule has 0 aromatic carbocycles. The van der Waals surface area contributed by atoms with Gasteiger partial charge in [-0.05, 0) is 105 Å². The second-order valence-corrected chi connectivity index (χ2v) is 23.9. The minimum Gasteiger partial charge on any atom is -0.394 e. The van der Waals surface area contributed by atoms with Crippen LogP contribution in [-0.2, 0) is 47.4 Å². The van der Waals surface area contributed by atoms with Gasteiger partial charge < -0.3 is 104 Å².